The smallest absolute Gasteiger partial charge is 0.318 e. The Hall–Kier alpha value is -4.24. The lowest BCUT2D eigenvalue weighted by Gasteiger charge is -2.42. The highest BCUT2D eigenvalue weighted by atomic mass is 19.1. The fraction of sp³-hybridized carbons (Fsp3) is 0.516. The van der Waals surface area contributed by atoms with Crippen molar-refractivity contribution in [2.24, 2.45) is 0 Å². The fourth-order valence-electron chi connectivity index (χ4n) is 6.73. The van der Waals surface area contributed by atoms with E-state index in [1.807, 2.05) is 6.20 Å². The summed E-state index contributed by atoms with van der Waals surface area (Å²) in [6, 6.07) is 4.45. The quantitative estimate of drug-likeness (QED) is 0.415. The number of nitrogens with one attached hydrogen (secondary N) is 1. The number of carbonyl (C=O) groups is 1. The number of piperazine rings is 1. The second-order valence-corrected chi connectivity index (χ2v) is 11.9. The second kappa shape index (κ2) is 11.8. The third-order valence-corrected chi connectivity index (χ3v) is 9.25. The van der Waals surface area contributed by atoms with Crippen LogP contribution in [0, 0.1) is 25.2 Å². The molecule has 0 spiro atoms. The first-order chi connectivity index (χ1) is 20.7. The Morgan fingerprint density at radius 3 is 2.79 bits per heavy atom. The van der Waals surface area contributed by atoms with Crippen molar-refractivity contribution in [2.45, 2.75) is 58.2 Å². The van der Waals surface area contributed by atoms with Gasteiger partial charge in [-0.3, -0.25) is 9.89 Å². The molecule has 2 aromatic heterocycles. The summed E-state index contributed by atoms with van der Waals surface area (Å²) in [5.41, 5.74) is 6.50. The maximum absolute atomic E-state index is 13.8. The molecule has 6 rings (SSSR count). The minimum atomic E-state index is -1.01. The van der Waals surface area contributed by atoms with E-state index in [1.54, 1.807) is 0 Å². The van der Waals surface area contributed by atoms with Crippen molar-refractivity contribution in [3.8, 4) is 12.1 Å². The number of H-pyrrole nitrogens is 1. The molecule has 2 saturated heterocycles. The number of likely N-dealkylation sites (tertiary alicyclic amines) is 1. The van der Waals surface area contributed by atoms with Gasteiger partial charge in [0.25, 0.3) is 5.91 Å². The first kappa shape index (κ1) is 28.9. The SMILES string of the molecule is C=C(F)C(=O)N1CCN(c2nc(OC[C@@H]3CCCN3C)nc3c2CCN(c2c(C)c(C)cc4[nH]ncc24)C3)C[C@@H]1CC#N. The molecule has 1 amide bonds. The van der Waals surface area contributed by atoms with Crippen molar-refractivity contribution in [1.29, 1.82) is 5.26 Å². The first-order valence-corrected chi connectivity index (χ1v) is 14.9. The number of amides is 1. The van der Waals surface area contributed by atoms with Crippen LogP contribution in [0.25, 0.3) is 10.9 Å². The topological polar surface area (TPSA) is 118 Å². The lowest BCUT2D eigenvalue weighted by atomic mass is 9.99. The van der Waals surface area contributed by atoms with Gasteiger partial charge in [-0.15, -0.1) is 0 Å². The number of hydrogen-bond donors (Lipinski definition) is 1. The normalized spacial score (nSPS) is 20.8. The van der Waals surface area contributed by atoms with Gasteiger partial charge in [0.05, 0.1) is 48.2 Å². The van der Waals surface area contributed by atoms with Gasteiger partial charge < -0.3 is 24.3 Å². The number of ether oxygens (including phenoxy) is 1. The maximum atomic E-state index is 13.8. The first-order valence-electron chi connectivity index (χ1n) is 14.9. The molecule has 3 aliphatic heterocycles. The van der Waals surface area contributed by atoms with E-state index in [4.69, 9.17) is 14.7 Å². The van der Waals surface area contributed by atoms with Crippen molar-refractivity contribution in [3.63, 3.8) is 0 Å². The standard InChI is InChI=1S/C31H38FN9O2/c1-19-14-26-25(15-34-37-26)28(20(19)2)39-11-8-24-27(17-39)35-31(43-18-23-6-5-10-38(23)4)36-29(24)40-12-13-41(30(42)21(3)32)22(16-40)7-9-33/h14-15,22-23H,3,5-8,10-13,16-18H2,1-2,4H3,(H,34,37)/t22-,23-/m0/s1. The molecule has 3 aliphatic rings. The monoisotopic (exact) mass is 587 g/mol. The molecule has 43 heavy (non-hydrogen) atoms. The Morgan fingerprint density at radius 1 is 1.21 bits per heavy atom. The summed E-state index contributed by atoms with van der Waals surface area (Å²) in [4.78, 5) is 30.6. The van der Waals surface area contributed by atoms with Gasteiger partial charge in [0.2, 0.25) is 0 Å². The van der Waals surface area contributed by atoms with Gasteiger partial charge in [0, 0.05) is 43.2 Å². The fourth-order valence-corrected chi connectivity index (χ4v) is 6.73. The summed E-state index contributed by atoms with van der Waals surface area (Å²) < 4.78 is 20.1. The summed E-state index contributed by atoms with van der Waals surface area (Å²) in [5.74, 6) is -1.01. The van der Waals surface area contributed by atoms with E-state index in [0.29, 0.717) is 44.7 Å². The van der Waals surface area contributed by atoms with Gasteiger partial charge >= 0.3 is 6.01 Å². The number of nitrogens with zero attached hydrogens (tertiary/aromatic N) is 8. The molecule has 12 heteroatoms. The summed E-state index contributed by atoms with van der Waals surface area (Å²) in [5, 5.41) is 18.0. The number of fused-ring (bicyclic) bond motifs is 2. The van der Waals surface area contributed by atoms with Crippen molar-refractivity contribution in [2.75, 3.05) is 56.2 Å². The number of rotatable bonds is 7. The molecule has 5 heterocycles. The zero-order valence-electron chi connectivity index (χ0n) is 25.1. The molecule has 0 radical (unpaired) electrons. The molecule has 11 nitrogen and oxygen atoms in total. The van der Waals surface area contributed by atoms with Gasteiger partial charge in [0.1, 0.15) is 12.4 Å². The Labute approximate surface area is 250 Å². The van der Waals surface area contributed by atoms with Crippen LogP contribution in [0.15, 0.2) is 24.7 Å². The molecule has 1 N–H and O–H groups in total. The van der Waals surface area contributed by atoms with Crippen LogP contribution in [0.5, 0.6) is 6.01 Å². The zero-order chi connectivity index (χ0) is 30.2. The molecule has 0 bridgehead atoms. The maximum Gasteiger partial charge on any atom is 0.318 e. The van der Waals surface area contributed by atoms with Crippen LogP contribution >= 0.6 is 0 Å². The van der Waals surface area contributed by atoms with Crippen LogP contribution in [-0.2, 0) is 17.8 Å². The predicted molar refractivity (Wildman–Crippen MR) is 162 cm³/mol. The van der Waals surface area contributed by atoms with E-state index in [0.717, 1.165) is 59.6 Å². The van der Waals surface area contributed by atoms with Gasteiger partial charge in [0.15, 0.2) is 5.83 Å². The predicted octanol–water partition coefficient (Wildman–Crippen LogP) is 3.42. The summed E-state index contributed by atoms with van der Waals surface area (Å²) in [6.45, 7) is 11.4. The van der Waals surface area contributed by atoms with Crippen molar-refractivity contribution >= 4 is 28.3 Å². The lowest BCUT2D eigenvalue weighted by Crippen LogP contribution is -2.55. The average Bonchev–Trinajstić information content (AvgIpc) is 3.63. The largest absolute Gasteiger partial charge is 0.462 e. The molecule has 2 atom stereocenters. The minimum Gasteiger partial charge on any atom is -0.462 e. The molecule has 1 aromatic carbocycles. The van der Waals surface area contributed by atoms with E-state index in [-0.39, 0.29) is 13.0 Å². The number of likely N-dealkylation sites (N-methyl/N-ethyl adjacent to an activating group) is 1. The highest BCUT2D eigenvalue weighted by Gasteiger charge is 2.35. The Kier molecular flexibility index (Phi) is 7.92. The zero-order valence-corrected chi connectivity index (χ0v) is 25.1. The highest BCUT2D eigenvalue weighted by Crippen LogP contribution is 2.37. The average molecular weight is 588 g/mol. The number of halogens is 1. The summed E-state index contributed by atoms with van der Waals surface area (Å²) in [7, 11) is 2.11. The number of benzene rings is 1. The third kappa shape index (κ3) is 5.49. The van der Waals surface area contributed by atoms with Gasteiger partial charge in [-0.2, -0.15) is 20.3 Å². The third-order valence-electron chi connectivity index (χ3n) is 9.25. The number of nitriles is 1. The molecule has 3 aromatic rings. The minimum absolute atomic E-state index is 0.0846. The van der Waals surface area contributed by atoms with Gasteiger partial charge in [-0.25, -0.2) is 4.39 Å². The van der Waals surface area contributed by atoms with Crippen molar-refractivity contribution < 1.29 is 13.9 Å². The van der Waals surface area contributed by atoms with E-state index >= 15 is 0 Å². The highest BCUT2D eigenvalue weighted by molar-refractivity contribution is 5.94. The molecular weight excluding hydrogens is 549 g/mol. The molecule has 226 valence electrons. The van der Waals surface area contributed by atoms with Crippen LogP contribution in [0.1, 0.15) is 41.6 Å². The van der Waals surface area contributed by atoms with E-state index in [9.17, 15) is 14.4 Å². The summed E-state index contributed by atoms with van der Waals surface area (Å²) >= 11 is 0. The Balaban J connectivity index is 1.35. The van der Waals surface area contributed by atoms with E-state index in [1.165, 1.54) is 16.0 Å². The number of anilines is 2. The molecule has 0 saturated carbocycles. The van der Waals surface area contributed by atoms with Crippen LogP contribution in [-0.4, -0.2) is 94.3 Å². The van der Waals surface area contributed by atoms with Crippen LogP contribution < -0.4 is 14.5 Å². The van der Waals surface area contributed by atoms with Crippen LogP contribution in [0.2, 0.25) is 0 Å². The number of carbonyl (C=O) groups excluding carboxylic acids is 1. The van der Waals surface area contributed by atoms with E-state index in [2.05, 4.69) is 64.5 Å². The van der Waals surface area contributed by atoms with E-state index < -0.39 is 17.8 Å². The Bertz CT molecular complexity index is 1600. The number of aryl methyl sites for hydroxylation is 1. The van der Waals surface area contributed by atoms with Crippen LogP contribution in [0.4, 0.5) is 15.9 Å². The van der Waals surface area contributed by atoms with Gasteiger partial charge in [-0.1, -0.05) is 6.58 Å². The van der Waals surface area contributed by atoms with Gasteiger partial charge in [-0.05, 0) is 63.9 Å². The summed E-state index contributed by atoms with van der Waals surface area (Å²) in [6.07, 6.45) is 4.89. The van der Waals surface area contributed by atoms with Crippen molar-refractivity contribution in [1.82, 2.24) is 30.0 Å². The number of aromatic nitrogens is 4. The molecule has 0 unspecified atom stereocenters. The van der Waals surface area contributed by atoms with Crippen molar-refractivity contribution in [3.05, 3.63) is 47.1 Å². The number of hydrogen-bond acceptors (Lipinski definition) is 9. The second-order valence-electron chi connectivity index (χ2n) is 11.9. The Morgan fingerprint density at radius 2 is 2.05 bits per heavy atom. The lowest BCUT2D eigenvalue weighted by molar-refractivity contribution is -0.131. The molecule has 2 fully saturated rings. The number of aromatic amines is 1. The molecule has 0 aliphatic carbocycles. The van der Waals surface area contributed by atoms with Crippen LogP contribution in [0.3, 0.4) is 0 Å². The molecular formula is C31H38FN9O2.